The number of hydrogen-bond acceptors (Lipinski definition) is 4. The number of benzene rings is 1. The summed E-state index contributed by atoms with van der Waals surface area (Å²) in [5.41, 5.74) is 1.40. The predicted molar refractivity (Wildman–Crippen MR) is 82.3 cm³/mol. The highest BCUT2D eigenvalue weighted by molar-refractivity contribution is 6.00. The first-order chi connectivity index (χ1) is 10.6. The Kier molecular flexibility index (Phi) is 5.66. The fourth-order valence-electron chi connectivity index (χ4n) is 2.52. The summed E-state index contributed by atoms with van der Waals surface area (Å²) in [5, 5.41) is 2.77. The van der Waals surface area contributed by atoms with E-state index in [1.807, 2.05) is 24.0 Å². The van der Waals surface area contributed by atoms with E-state index in [9.17, 15) is 14.4 Å². The summed E-state index contributed by atoms with van der Waals surface area (Å²) in [6.07, 6.45) is 1.24. The summed E-state index contributed by atoms with van der Waals surface area (Å²) in [4.78, 5) is 38.1. The predicted octanol–water partition coefficient (Wildman–Crippen LogP) is 0.416. The summed E-state index contributed by atoms with van der Waals surface area (Å²) in [6.45, 7) is 4.74. The van der Waals surface area contributed by atoms with Gasteiger partial charge in [0, 0.05) is 31.7 Å². The molecule has 6 heteroatoms. The Morgan fingerprint density at radius 2 is 2.18 bits per heavy atom. The first-order valence-corrected chi connectivity index (χ1v) is 7.43. The maximum Gasteiger partial charge on any atom is 0.260 e. The Labute approximate surface area is 130 Å². The molecule has 0 aliphatic carbocycles. The van der Waals surface area contributed by atoms with E-state index in [0.717, 1.165) is 12.1 Å². The van der Waals surface area contributed by atoms with Crippen molar-refractivity contribution in [2.24, 2.45) is 0 Å². The molecule has 1 saturated heterocycles. The summed E-state index contributed by atoms with van der Waals surface area (Å²) < 4.78 is 0. The fourth-order valence-corrected chi connectivity index (χ4v) is 2.52. The third-order valence-electron chi connectivity index (χ3n) is 3.75. The normalized spacial score (nSPS) is 15.2. The molecule has 0 unspecified atom stereocenters. The van der Waals surface area contributed by atoms with Gasteiger partial charge < -0.3 is 5.32 Å². The molecule has 118 valence electrons. The SMILES string of the molecule is Cc1ccccc1C(=O)N(C=O)CCCN1CCNC(=O)C1. The zero-order chi connectivity index (χ0) is 15.9. The van der Waals surface area contributed by atoms with E-state index in [1.54, 1.807) is 12.1 Å². The molecule has 1 aromatic rings. The molecule has 0 radical (unpaired) electrons. The molecule has 6 nitrogen and oxygen atoms in total. The van der Waals surface area contributed by atoms with E-state index in [2.05, 4.69) is 5.32 Å². The van der Waals surface area contributed by atoms with Crippen molar-refractivity contribution in [3.8, 4) is 0 Å². The van der Waals surface area contributed by atoms with Crippen LogP contribution in [0.2, 0.25) is 0 Å². The molecule has 1 fully saturated rings. The lowest BCUT2D eigenvalue weighted by atomic mass is 10.1. The largest absolute Gasteiger partial charge is 0.354 e. The minimum absolute atomic E-state index is 0.0227. The number of piperazine rings is 1. The van der Waals surface area contributed by atoms with E-state index in [4.69, 9.17) is 0 Å². The zero-order valence-corrected chi connectivity index (χ0v) is 12.7. The van der Waals surface area contributed by atoms with Crippen LogP contribution < -0.4 is 5.32 Å². The Morgan fingerprint density at radius 1 is 1.41 bits per heavy atom. The van der Waals surface area contributed by atoms with Crippen LogP contribution in [0.1, 0.15) is 22.3 Å². The van der Waals surface area contributed by atoms with Crippen molar-refractivity contribution in [1.29, 1.82) is 0 Å². The highest BCUT2D eigenvalue weighted by Gasteiger charge is 2.18. The molecule has 2 rings (SSSR count). The number of hydrogen-bond donors (Lipinski definition) is 1. The van der Waals surface area contributed by atoms with Crippen LogP contribution >= 0.6 is 0 Å². The Morgan fingerprint density at radius 3 is 2.86 bits per heavy atom. The lowest BCUT2D eigenvalue weighted by Gasteiger charge is -2.27. The second-order valence-electron chi connectivity index (χ2n) is 5.40. The van der Waals surface area contributed by atoms with Gasteiger partial charge in [0.1, 0.15) is 0 Å². The average Bonchev–Trinajstić information content (AvgIpc) is 2.51. The molecular formula is C16H21N3O3. The van der Waals surface area contributed by atoms with Crippen LogP contribution in [0.4, 0.5) is 0 Å². The minimum atomic E-state index is -0.274. The molecule has 0 spiro atoms. The molecule has 1 aromatic carbocycles. The summed E-state index contributed by atoms with van der Waals surface area (Å²) in [7, 11) is 0. The fraction of sp³-hybridized carbons (Fsp3) is 0.438. The summed E-state index contributed by atoms with van der Waals surface area (Å²) >= 11 is 0. The highest BCUT2D eigenvalue weighted by Crippen LogP contribution is 2.10. The second-order valence-corrected chi connectivity index (χ2v) is 5.40. The van der Waals surface area contributed by atoms with Gasteiger partial charge in [-0.3, -0.25) is 24.2 Å². The molecule has 1 N–H and O–H groups in total. The summed E-state index contributed by atoms with van der Waals surface area (Å²) in [5.74, 6) is -0.251. The number of imide groups is 1. The number of carbonyl (C=O) groups is 3. The maximum absolute atomic E-state index is 12.3. The molecule has 1 aliphatic rings. The Hall–Kier alpha value is -2.21. The van der Waals surface area contributed by atoms with E-state index in [0.29, 0.717) is 44.6 Å². The van der Waals surface area contributed by atoms with Crippen LogP contribution in [0.3, 0.4) is 0 Å². The van der Waals surface area contributed by atoms with Crippen LogP contribution in [0.25, 0.3) is 0 Å². The van der Waals surface area contributed by atoms with Gasteiger partial charge in [0.05, 0.1) is 6.54 Å². The number of rotatable bonds is 6. The molecule has 0 atom stereocenters. The van der Waals surface area contributed by atoms with E-state index >= 15 is 0 Å². The minimum Gasteiger partial charge on any atom is -0.354 e. The molecule has 1 heterocycles. The van der Waals surface area contributed by atoms with E-state index in [-0.39, 0.29) is 11.8 Å². The van der Waals surface area contributed by atoms with Crippen molar-refractivity contribution in [3.05, 3.63) is 35.4 Å². The highest BCUT2D eigenvalue weighted by atomic mass is 16.2. The van der Waals surface area contributed by atoms with Gasteiger partial charge >= 0.3 is 0 Å². The van der Waals surface area contributed by atoms with E-state index < -0.39 is 0 Å². The van der Waals surface area contributed by atoms with Crippen LogP contribution in [-0.4, -0.2) is 60.7 Å². The molecule has 1 aliphatic heterocycles. The van der Waals surface area contributed by atoms with Gasteiger partial charge in [-0.05, 0) is 25.0 Å². The topological polar surface area (TPSA) is 69.7 Å². The van der Waals surface area contributed by atoms with Crippen molar-refractivity contribution in [2.75, 3.05) is 32.7 Å². The van der Waals surface area contributed by atoms with E-state index in [1.165, 1.54) is 4.90 Å². The first-order valence-electron chi connectivity index (χ1n) is 7.43. The monoisotopic (exact) mass is 303 g/mol. The quantitative estimate of drug-likeness (QED) is 0.773. The van der Waals surface area contributed by atoms with Crippen molar-refractivity contribution in [3.63, 3.8) is 0 Å². The van der Waals surface area contributed by atoms with Crippen LogP contribution in [-0.2, 0) is 9.59 Å². The number of amides is 3. The standard InChI is InChI=1S/C16H21N3O3/c1-13-5-2-3-6-14(13)16(22)19(12-20)9-4-8-18-10-7-17-15(21)11-18/h2-3,5-6,12H,4,7-11H2,1H3,(H,17,21). The molecule has 0 aromatic heterocycles. The van der Waals surface area contributed by atoms with Crippen molar-refractivity contribution >= 4 is 18.2 Å². The van der Waals surface area contributed by atoms with Crippen LogP contribution in [0.5, 0.6) is 0 Å². The van der Waals surface area contributed by atoms with Crippen molar-refractivity contribution in [2.45, 2.75) is 13.3 Å². The molecule has 0 saturated carbocycles. The van der Waals surface area contributed by atoms with Crippen LogP contribution in [0.15, 0.2) is 24.3 Å². The number of nitrogens with one attached hydrogen (secondary N) is 1. The maximum atomic E-state index is 12.3. The van der Waals surface area contributed by atoms with Crippen molar-refractivity contribution in [1.82, 2.24) is 15.1 Å². The van der Waals surface area contributed by atoms with Gasteiger partial charge in [-0.2, -0.15) is 0 Å². The number of nitrogens with zero attached hydrogens (tertiary/aromatic N) is 2. The molecule has 0 bridgehead atoms. The van der Waals surface area contributed by atoms with Gasteiger partial charge in [0.25, 0.3) is 5.91 Å². The van der Waals surface area contributed by atoms with Crippen LogP contribution in [0, 0.1) is 6.92 Å². The first kappa shape index (κ1) is 16.2. The van der Waals surface area contributed by atoms with Crippen molar-refractivity contribution < 1.29 is 14.4 Å². The van der Waals surface area contributed by atoms with Gasteiger partial charge in [-0.15, -0.1) is 0 Å². The zero-order valence-electron chi connectivity index (χ0n) is 12.7. The Balaban J connectivity index is 1.87. The Bertz CT molecular complexity index is 559. The van der Waals surface area contributed by atoms with Gasteiger partial charge in [0.15, 0.2) is 0 Å². The lowest BCUT2D eigenvalue weighted by molar-refractivity contribution is -0.124. The average molecular weight is 303 g/mol. The number of aryl methyl sites for hydroxylation is 1. The van der Waals surface area contributed by atoms with Gasteiger partial charge in [-0.25, -0.2) is 0 Å². The lowest BCUT2D eigenvalue weighted by Crippen LogP contribution is -2.48. The third kappa shape index (κ3) is 4.14. The second kappa shape index (κ2) is 7.70. The van der Waals surface area contributed by atoms with Gasteiger partial charge in [-0.1, -0.05) is 18.2 Å². The summed E-state index contributed by atoms with van der Waals surface area (Å²) in [6, 6.07) is 7.22. The number of carbonyl (C=O) groups excluding carboxylic acids is 3. The third-order valence-corrected chi connectivity index (χ3v) is 3.75. The molecule has 3 amide bonds. The smallest absolute Gasteiger partial charge is 0.260 e. The molecular weight excluding hydrogens is 282 g/mol. The molecule has 22 heavy (non-hydrogen) atoms. The van der Waals surface area contributed by atoms with Gasteiger partial charge in [0.2, 0.25) is 12.3 Å².